The first kappa shape index (κ1) is 22.3. The number of hydrogen-bond donors (Lipinski definition) is 1. The second-order valence-electron chi connectivity index (χ2n) is 7.68. The number of rotatable bonds is 7. The maximum Gasteiger partial charge on any atom is 0.246 e. The number of carbonyl (C=O) groups excluding carboxylic acids is 3. The SMILES string of the molecule is CC(=O)Nc1ccc(/C=C/C(=O)N2CCN(C(=O)CCCc3ccccc3)CC2)cc1. The van der Waals surface area contributed by atoms with Gasteiger partial charge in [-0.05, 0) is 42.2 Å². The zero-order valence-corrected chi connectivity index (χ0v) is 17.9. The summed E-state index contributed by atoms with van der Waals surface area (Å²) in [4.78, 5) is 39.6. The quantitative estimate of drug-likeness (QED) is 0.700. The summed E-state index contributed by atoms with van der Waals surface area (Å²) >= 11 is 0. The first-order valence-corrected chi connectivity index (χ1v) is 10.7. The van der Waals surface area contributed by atoms with Crippen molar-refractivity contribution in [2.45, 2.75) is 26.2 Å². The molecular weight excluding hydrogens is 390 g/mol. The average Bonchev–Trinajstić information content (AvgIpc) is 2.79. The van der Waals surface area contributed by atoms with Crippen LogP contribution in [-0.2, 0) is 20.8 Å². The van der Waals surface area contributed by atoms with E-state index in [1.165, 1.54) is 12.5 Å². The van der Waals surface area contributed by atoms with E-state index in [1.54, 1.807) is 29.2 Å². The fourth-order valence-electron chi connectivity index (χ4n) is 3.58. The van der Waals surface area contributed by atoms with Gasteiger partial charge in [-0.15, -0.1) is 0 Å². The zero-order valence-electron chi connectivity index (χ0n) is 17.9. The van der Waals surface area contributed by atoms with Crippen LogP contribution >= 0.6 is 0 Å². The maximum atomic E-state index is 12.5. The first-order chi connectivity index (χ1) is 15.0. The van der Waals surface area contributed by atoms with Crippen LogP contribution in [0.2, 0.25) is 0 Å². The molecule has 0 saturated carbocycles. The number of carbonyl (C=O) groups is 3. The van der Waals surface area contributed by atoms with Crippen molar-refractivity contribution in [2.75, 3.05) is 31.5 Å². The third kappa shape index (κ3) is 7.10. The monoisotopic (exact) mass is 419 g/mol. The van der Waals surface area contributed by atoms with Crippen LogP contribution in [0.15, 0.2) is 60.7 Å². The van der Waals surface area contributed by atoms with Crippen LogP contribution in [-0.4, -0.2) is 53.7 Å². The van der Waals surface area contributed by atoms with Gasteiger partial charge in [0.25, 0.3) is 0 Å². The van der Waals surface area contributed by atoms with Crippen molar-refractivity contribution >= 4 is 29.5 Å². The number of aryl methyl sites for hydroxylation is 1. The van der Waals surface area contributed by atoms with Crippen LogP contribution in [0.5, 0.6) is 0 Å². The van der Waals surface area contributed by atoms with Gasteiger partial charge in [0, 0.05) is 51.3 Å². The molecule has 0 aliphatic carbocycles. The summed E-state index contributed by atoms with van der Waals surface area (Å²) in [5.41, 5.74) is 2.86. The van der Waals surface area contributed by atoms with Crippen LogP contribution in [0, 0.1) is 0 Å². The highest BCUT2D eigenvalue weighted by molar-refractivity contribution is 5.92. The van der Waals surface area contributed by atoms with Crippen molar-refractivity contribution in [3.63, 3.8) is 0 Å². The second kappa shape index (κ2) is 11.1. The summed E-state index contributed by atoms with van der Waals surface area (Å²) in [5, 5.41) is 2.71. The third-order valence-corrected chi connectivity index (χ3v) is 5.29. The first-order valence-electron chi connectivity index (χ1n) is 10.7. The standard InChI is InChI=1S/C25H29N3O3/c1-20(29)26-23-13-10-22(11-14-23)12-15-25(31)28-18-16-27(17-19-28)24(30)9-5-8-21-6-3-2-4-7-21/h2-4,6-7,10-15H,5,8-9,16-19H2,1H3,(H,26,29)/b15-12+. The molecule has 0 atom stereocenters. The summed E-state index contributed by atoms with van der Waals surface area (Å²) in [5.74, 6) is -0.00719. The molecule has 31 heavy (non-hydrogen) atoms. The van der Waals surface area contributed by atoms with Gasteiger partial charge in [0.15, 0.2) is 0 Å². The van der Waals surface area contributed by atoms with E-state index >= 15 is 0 Å². The number of piperazine rings is 1. The Bertz CT molecular complexity index is 915. The molecule has 1 heterocycles. The van der Waals surface area contributed by atoms with Gasteiger partial charge < -0.3 is 15.1 Å². The van der Waals surface area contributed by atoms with Crippen molar-refractivity contribution < 1.29 is 14.4 Å². The Morgan fingerprint density at radius 1 is 0.903 bits per heavy atom. The molecule has 1 aliphatic rings. The number of hydrogen-bond acceptors (Lipinski definition) is 3. The minimum atomic E-state index is -0.118. The molecule has 2 aromatic carbocycles. The minimum absolute atomic E-state index is 0.0536. The van der Waals surface area contributed by atoms with Crippen LogP contribution in [0.4, 0.5) is 5.69 Å². The van der Waals surface area contributed by atoms with E-state index in [1.807, 2.05) is 35.2 Å². The van der Waals surface area contributed by atoms with Crippen molar-refractivity contribution in [1.29, 1.82) is 0 Å². The lowest BCUT2D eigenvalue weighted by atomic mass is 10.1. The highest BCUT2D eigenvalue weighted by Gasteiger charge is 2.22. The Labute approximate surface area is 183 Å². The zero-order chi connectivity index (χ0) is 22.1. The fourth-order valence-corrected chi connectivity index (χ4v) is 3.58. The Kier molecular flexibility index (Phi) is 7.98. The number of nitrogens with zero attached hydrogens (tertiary/aromatic N) is 2. The van der Waals surface area contributed by atoms with Crippen LogP contribution in [0.3, 0.4) is 0 Å². The van der Waals surface area contributed by atoms with Gasteiger partial charge in [-0.25, -0.2) is 0 Å². The topological polar surface area (TPSA) is 69.7 Å². The van der Waals surface area contributed by atoms with Gasteiger partial charge in [0.1, 0.15) is 0 Å². The second-order valence-corrected chi connectivity index (χ2v) is 7.68. The Morgan fingerprint density at radius 3 is 2.19 bits per heavy atom. The van der Waals surface area contributed by atoms with Gasteiger partial charge in [-0.3, -0.25) is 14.4 Å². The molecule has 3 amide bonds. The number of nitrogens with one attached hydrogen (secondary N) is 1. The van der Waals surface area contributed by atoms with Crippen molar-refractivity contribution in [2.24, 2.45) is 0 Å². The summed E-state index contributed by atoms with van der Waals surface area (Å²) in [6, 6.07) is 17.5. The van der Waals surface area contributed by atoms with Gasteiger partial charge >= 0.3 is 0 Å². The molecule has 162 valence electrons. The summed E-state index contributed by atoms with van der Waals surface area (Å²) in [6.07, 6.45) is 5.61. The Balaban J connectivity index is 1.40. The predicted octanol–water partition coefficient (Wildman–Crippen LogP) is 3.35. The highest BCUT2D eigenvalue weighted by atomic mass is 16.2. The molecule has 0 unspecified atom stereocenters. The molecule has 1 saturated heterocycles. The largest absolute Gasteiger partial charge is 0.339 e. The third-order valence-electron chi connectivity index (χ3n) is 5.29. The van der Waals surface area contributed by atoms with Crippen LogP contribution < -0.4 is 5.32 Å². The van der Waals surface area contributed by atoms with Crippen LogP contribution in [0.25, 0.3) is 6.08 Å². The van der Waals surface area contributed by atoms with E-state index in [9.17, 15) is 14.4 Å². The van der Waals surface area contributed by atoms with E-state index in [0.717, 1.165) is 24.1 Å². The fraction of sp³-hybridized carbons (Fsp3) is 0.320. The van der Waals surface area contributed by atoms with E-state index in [0.29, 0.717) is 32.6 Å². The van der Waals surface area contributed by atoms with Crippen molar-refractivity contribution in [1.82, 2.24) is 9.80 Å². The molecule has 6 heteroatoms. The lowest BCUT2D eigenvalue weighted by molar-refractivity contribution is -0.137. The predicted molar refractivity (Wildman–Crippen MR) is 122 cm³/mol. The molecule has 1 N–H and O–H groups in total. The van der Waals surface area contributed by atoms with Gasteiger partial charge in [0.2, 0.25) is 17.7 Å². The molecule has 1 aliphatic heterocycles. The van der Waals surface area contributed by atoms with Crippen molar-refractivity contribution in [3.05, 3.63) is 71.8 Å². The number of anilines is 1. The summed E-state index contributed by atoms with van der Waals surface area (Å²) in [7, 11) is 0. The van der Waals surface area contributed by atoms with E-state index < -0.39 is 0 Å². The number of benzene rings is 2. The molecule has 0 bridgehead atoms. The Morgan fingerprint density at radius 2 is 1.55 bits per heavy atom. The van der Waals surface area contributed by atoms with Gasteiger partial charge in [-0.2, -0.15) is 0 Å². The lowest BCUT2D eigenvalue weighted by Crippen LogP contribution is -2.50. The molecule has 1 fully saturated rings. The molecule has 0 aromatic heterocycles. The van der Waals surface area contributed by atoms with E-state index in [4.69, 9.17) is 0 Å². The summed E-state index contributed by atoms with van der Waals surface area (Å²) < 4.78 is 0. The van der Waals surface area contributed by atoms with Crippen molar-refractivity contribution in [3.8, 4) is 0 Å². The van der Waals surface area contributed by atoms with Crippen LogP contribution in [0.1, 0.15) is 30.9 Å². The lowest BCUT2D eigenvalue weighted by Gasteiger charge is -2.34. The molecule has 2 aromatic rings. The van der Waals surface area contributed by atoms with Gasteiger partial charge in [0.05, 0.1) is 0 Å². The van der Waals surface area contributed by atoms with E-state index in [2.05, 4.69) is 17.4 Å². The maximum absolute atomic E-state index is 12.5. The number of amides is 3. The van der Waals surface area contributed by atoms with Gasteiger partial charge in [-0.1, -0.05) is 42.5 Å². The van der Waals surface area contributed by atoms with E-state index in [-0.39, 0.29) is 17.7 Å². The highest BCUT2D eigenvalue weighted by Crippen LogP contribution is 2.12. The smallest absolute Gasteiger partial charge is 0.246 e. The normalized spacial score (nSPS) is 14.0. The Hall–Kier alpha value is -3.41. The molecule has 0 spiro atoms. The molecule has 0 radical (unpaired) electrons. The molecule has 6 nitrogen and oxygen atoms in total. The average molecular weight is 420 g/mol. The molecule has 3 rings (SSSR count). The molecular formula is C25H29N3O3. The summed E-state index contributed by atoms with van der Waals surface area (Å²) in [6.45, 7) is 3.72. The minimum Gasteiger partial charge on any atom is -0.339 e.